The van der Waals surface area contributed by atoms with E-state index in [9.17, 15) is 4.39 Å². The molecule has 0 spiro atoms. The number of nitrogens with one attached hydrogen (secondary N) is 1. The van der Waals surface area contributed by atoms with Gasteiger partial charge in [-0.05, 0) is 37.6 Å². The average molecular weight is 371 g/mol. The standard InChI is InChI=1S/C19H22FN5S/c1-12-10-17(23-22-12)18-13(2)21-19(26-18)25-9-8-24(14(25)3)11-15-4-6-16(20)7-5-15/h4-7,10,13,18H,3,8-9,11H2,1-2H3,(H,22,23). The molecule has 0 amide bonds. The summed E-state index contributed by atoms with van der Waals surface area (Å²) >= 11 is 1.75. The summed E-state index contributed by atoms with van der Waals surface area (Å²) in [5, 5.41) is 8.66. The molecule has 2 aliphatic heterocycles. The van der Waals surface area contributed by atoms with Crippen molar-refractivity contribution in [2.24, 2.45) is 4.99 Å². The predicted molar refractivity (Wildman–Crippen MR) is 103 cm³/mol. The minimum absolute atomic E-state index is 0.177. The lowest BCUT2D eigenvalue weighted by Gasteiger charge is -2.23. The van der Waals surface area contributed by atoms with E-state index in [1.54, 1.807) is 11.8 Å². The fourth-order valence-corrected chi connectivity index (χ4v) is 4.62. The van der Waals surface area contributed by atoms with E-state index < -0.39 is 0 Å². The van der Waals surface area contributed by atoms with Gasteiger partial charge in [0.25, 0.3) is 0 Å². The first-order valence-electron chi connectivity index (χ1n) is 8.73. The zero-order chi connectivity index (χ0) is 18.3. The summed E-state index contributed by atoms with van der Waals surface area (Å²) in [4.78, 5) is 9.26. The van der Waals surface area contributed by atoms with Crippen LogP contribution in [0.2, 0.25) is 0 Å². The second kappa shape index (κ2) is 6.79. The van der Waals surface area contributed by atoms with E-state index in [4.69, 9.17) is 4.99 Å². The third-order valence-corrected chi connectivity index (χ3v) is 6.22. The molecule has 2 unspecified atom stereocenters. The van der Waals surface area contributed by atoms with Gasteiger partial charge in [-0.1, -0.05) is 30.5 Å². The number of nitrogens with zero attached hydrogens (tertiary/aromatic N) is 4. The summed E-state index contributed by atoms with van der Waals surface area (Å²) in [7, 11) is 0. The van der Waals surface area contributed by atoms with Gasteiger partial charge < -0.3 is 9.80 Å². The summed E-state index contributed by atoms with van der Waals surface area (Å²) in [6, 6.07) is 8.92. The molecule has 3 heterocycles. The largest absolute Gasteiger partial charge is 0.352 e. The number of H-pyrrole nitrogens is 1. The molecule has 1 fully saturated rings. The minimum atomic E-state index is -0.207. The van der Waals surface area contributed by atoms with Crippen LogP contribution in [-0.2, 0) is 6.54 Å². The maximum atomic E-state index is 13.1. The van der Waals surface area contributed by atoms with Crippen LogP contribution < -0.4 is 0 Å². The van der Waals surface area contributed by atoms with Crippen LogP contribution in [0, 0.1) is 12.7 Å². The molecule has 0 aliphatic carbocycles. The molecule has 1 aromatic carbocycles. The fourth-order valence-electron chi connectivity index (χ4n) is 3.35. The van der Waals surface area contributed by atoms with Crippen molar-refractivity contribution >= 4 is 16.9 Å². The van der Waals surface area contributed by atoms with Crippen molar-refractivity contribution in [1.29, 1.82) is 0 Å². The van der Waals surface area contributed by atoms with Gasteiger partial charge in [0.1, 0.15) is 11.6 Å². The molecular weight excluding hydrogens is 349 g/mol. The van der Waals surface area contributed by atoms with Crippen LogP contribution >= 0.6 is 11.8 Å². The zero-order valence-corrected chi connectivity index (χ0v) is 15.8. The van der Waals surface area contributed by atoms with Crippen molar-refractivity contribution in [2.45, 2.75) is 31.7 Å². The molecule has 136 valence electrons. The maximum absolute atomic E-state index is 13.1. The summed E-state index contributed by atoms with van der Waals surface area (Å²) in [5.41, 5.74) is 3.19. The molecule has 1 aromatic heterocycles. The third kappa shape index (κ3) is 3.23. The fraction of sp³-hybridized carbons (Fsp3) is 0.368. The van der Waals surface area contributed by atoms with Crippen LogP contribution in [0.4, 0.5) is 4.39 Å². The number of benzene rings is 1. The van der Waals surface area contributed by atoms with Gasteiger partial charge in [-0.2, -0.15) is 5.10 Å². The molecule has 26 heavy (non-hydrogen) atoms. The highest BCUT2D eigenvalue weighted by Gasteiger charge is 2.36. The normalized spacial score (nSPS) is 23.0. The highest BCUT2D eigenvalue weighted by Crippen LogP contribution is 2.42. The number of halogens is 1. The summed E-state index contributed by atoms with van der Waals surface area (Å²) < 4.78 is 13.1. The Bertz CT molecular complexity index is 844. The van der Waals surface area contributed by atoms with Crippen LogP contribution in [-0.4, -0.2) is 44.3 Å². The average Bonchev–Trinajstić information content (AvgIpc) is 3.30. The lowest BCUT2D eigenvalue weighted by molar-refractivity contribution is 0.377. The predicted octanol–water partition coefficient (Wildman–Crippen LogP) is 3.68. The monoisotopic (exact) mass is 371 g/mol. The van der Waals surface area contributed by atoms with Crippen LogP contribution in [0.15, 0.2) is 47.7 Å². The van der Waals surface area contributed by atoms with Crippen LogP contribution in [0.5, 0.6) is 0 Å². The number of aromatic amines is 1. The second-order valence-electron chi connectivity index (χ2n) is 6.78. The number of hydrogen-bond donors (Lipinski definition) is 1. The van der Waals surface area contributed by atoms with E-state index in [2.05, 4.69) is 39.6 Å². The number of amidine groups is 1. The second-order valence-corrected chi connectivity index (χ2v) is 7.89. The first-order valence-corrected chi connectivity index (χ1v) is 9.61. The number of aryl methyl sites for hydroxylation is 1. The summed E-state index contributed by atoms with van der Waals surface area (Å²) in [6.45, 7) is 10.9. The molecule has 4 rings (SSSR count). The first kappa shape index (κ1) is 17.1. The van der Waals surface area contributed by atoms with Gasteiger partial charge in [0, 0.05) is 25.3 Å². The summed E-state index contributed by atoms with van der Waals surface area (Å²) in [5.74, 6) is 0.743. The van der Waals surface area contributed by atoms with Crippen molar-refractivity contribution < 1.29 is 4.39 Å². The quantitative estimate of drug-likeness (QED) is 0.894. The van der Waals surface area contributed by atoms with Crippen molar-refractivity contribution in [2.75, 3.05) is 13.1 Å². The Balaban J connectivity index is 1.43. The van der Waals surface area contributed by atoms with Gasteiger partial charge in [-0.15, -0.1) is 0 Å². The SMILES string of the molecule is C=C1N(Cc2ccc(F)cc2)CCN1C1=NC(C)C(c2cc(C)[nH]n2)S1. The van der Waals surface area contributed by atoms with Crippen LogP contribution in [0.1, 0.15) is 29.1 Å². The number of hydrogen-bond acceptors (Lipinski definition) is 5. The van der Waals surface area contributed by atoms with E-state index in [0.29, 0.717) is 0 Å². The Morgan fingerprint density at radius 2 is 2.08 bits per heavy atom. The molecule has 1 N–H and O–H groups in total. The van der Waals surface area contributed by atoms with Gasteiger partial charge in [0.2, 0.25) is 0 Å². The number of thioether (sulfide) groups is 1. The Morgan fingerprint density at radius 3 is 2.77 bits per heavy atom. The van der Waals surface area contributed by atoms with Gasteiger partial charge in [-0.25, -0.2) is 4.39 Å². The molecule has 2 aromatic rings. The Morgan fingerprint density at radius 1 is 1.31 bits per heavy atom. The van der Waals surface area contributed by atoms with E-state index in [0.717, 1.165) is 47.6 Å². The van der Waals surface area contributed by atoms with Crippen LogP contribution in [0.25, 0.3) is 0 Å². The number of aromatic nitrogens is 2. The maximum Gasteiger partial charge on any atom is 0.165 e. The third-order valence-electron chi connectivity index (χ3n) is 4.79. The first-order chi connectivity index (χ1) is 12.5. The van der Waals surface area contributed by atoms with E-state index >= 15 is 0 Å². The highest BCUT2D eigenvalue weighted by atomic mass is 32.2. The molecule has 0 radical (unpaired) electrons. The highest BCUT2D eigenvalue weighted by molar-refractivity contribution is 8.14. The topological polar surface area (TPSA) is 47.5 Å². The van der Waals surface area contributed by atoms with Gasteiger partial charge in [0.15, 0.2) is 5.17 Å². The lowest BCUT2D eigenvalue weighted by atomic mass is 10.2. The number of aliphatic imine (C=N–C) groups is 1. The Hall–Kier alpha value is -2.28. The van der Waals surface area contributed by atoms with Crippen LogP contribution in [0.3, 0.4) is 0 Å². The summed E-state index contributed by atoms with van der Waals surface area (Å²) in [6.07, 6.45) is 0. The molecule has 5 nitrogen and oxygen atoms in total. The van der Waals surface area contributed by atoms with Gasteiger partial charge in [-0.3, -0.25) is 10.1 Å². The molecule has 7 heteroatoms. The Labute approximate surface area is 157 Å². The number of rotatable bonds is 3. The Kier molecular flexibility index (Phi) is 4.48. The minimum Gasteiger partial charge on any atom is -0.352 e. The van der Waals surface area contributed by atoms with Gasteiger partial charge in [0.05, 0.1) is 17.0 Å². The lowest BCUT2D eigenvalue weighted by Crippen LogP contribution is -2.25. The van der Waals surface area contributed by atoms with Crippen molar-refractivity contribution in [1.82, 2.24) is 20.0 Å². The molecule has 0 saturated carbocycles. The zero-order valence-electron chi connectivity index (χ0n) is 14.9. The van der Waals surface area contributed by atoms with Crippen molar-refractivity contribution in [3.63, 3.8) is 0 Å². The smallest absolute Gasteiger partial charge is 0.165 e. The van der Waals surface area contributed by atoms with E-state index in [1.165, 1.54) is 12.1 Å². The van der Waals surface area contributed by atoms with E-state index in [1.807, 2.05) is 19.1 Å². The molecule has 1 saturated heterocycles. The molecule has 2 aliphatic rings. The molecular formula is C19H22FN5S. The van der Waals surface area contributed by atoms with Gasteiger partial charge >= 0.3 is 0 Å². The van der Waals surface area contributed by atoms with E-state index in [-0.39, 0.29) is 17.1 Å². The van der Waals surface area contributed by atoms with Crippen molar-refractivity contribution in [3.8, 4) is 0 Å². The van der Waals surface area contributed by atoms with Crippen molar-refractivity contribution in [3.05, 3.63) is 65.5 Å². The molecule has 2 atom stereocenters. The molecule has 0 bridgehead atoms.